The van der Waals surface area contributed by atoms with Crippen LogP contribution in [-0.2, 0) is 11.2 Å². The first-order chi connectivity index (χ1) is 12.2. The fourth-order valence-electron chi connectivity index (χ4n) is 3.21. The highest BCUT2D eigenvalue weighted by Crippen LogP contribution is 2.43. The number of aliphatic hydroxyl groups excluding tert-OH is 2. The van der Waals surface area contributed by atoms with Crippen molar-refractivity contribution < 1.29 is 28.1 Å². The molecule has 0 aliphatic carbocycles. The molecule has 1 unspecified atom stereocenters. The molecule has 3 rings (SSSR count). The highest BCUT2D eigenvalue weighted by molar-refractivity contribution is 8.14. The number of rotatable bonds is 3. The van der Waals surface area contributed by atoms with Gasteiger partial charge in [0.25, 0.3) is 0 Å². The first kappa shape index (κ1) is 19.5. The molecule has 0 spiro atoms. The van der Waals surface area contributed by atoms with Gasteiger partial charge in [-0.1, -0.05) is 42.1 Å². The zero-order valence-corrected chi connectivity index (χ0v) is 15.1. The molecule has 0 aromatic heterocycles. The van der Waals surface area contributed by atoms with Gasteiger partial charge in [-0.3, -0.25) is 4.99 Å². The molecule has 6 atom stereocenters. The summed E-state index contributed by atoms with van der Waals surface area (Å²) in [5.41, 5.74) is -0.261. The molecule has 1 saturated heterocycles. The molecule has 0 bridgehead atoms. The van der Waals surface area contributed by atoms with Crippen LogP contribution in [-0.4, -0.2) is 70.3 Å². The van der Waals surface area contributed by atoms with Crippen molar-refractivity contribution in [1.82, 2.24) is 4.90 Å². The van der Waals surface area contributed by atoms with Crippen LogP contribution in [0.1, 0.15) is 5.56 Å². The number of nitrogens with zero attached hydrogens (tertiary/aromatic N) is 2. The van der Waals surface area contributed by atoms with Crippen LogP contribution in [0.2, 0.25) is 0 Å². The maximum Gasteiger partial charge on any atom is 0.394 e. The zero-order chi connectivity index (χ0) is 19.1. The van der Waals surface area contributed by atoms with Crippen molar-refractivity contribution in [2.45, 2.75) is 42.4 Å². The Bertz CT molecular complexity index is 656. The smallest absolute Gasteiger partial charge is 0.388 e. The molecule has 26 heavy (non-hydrogen) atoms. The van der Waals surface area contributed by atoms with Gasteiger partial charge in [-0.2, -0.15) is 13.2 Å². The first-order valence-electron chi connectivity index (χ1n) is 8.22. The second-order valence-electron chi connectivity index (χ2n) is 6.70. The van der Waals surface area contributed by atoms with E-state index in [2.05, 4.69) is 4.99 Å². The highest BCUT2D eigenvalue weighted by atomic mass is 32.2. The predicted octanol–water partition coefficient (Wildman–Crippen LogP) is 1.89. The summed E-state index contributed by atoms with van der Waals surface area (Å²) in [6, 6.07) is 7.47. The summed E-state index contributed by atoms with van der Waals surface area (Å²) in [6.07, 6.45) is -9.55. The Morgan fingerprint density at radius 1 is 1.19 bits per heavy atom. The van der Waals surface area contributed by atoms with Crippen LogP contribution >= 0.6 is 11.8 Å². The van der Waals surface area contributed by atoms with Crippen LogP contribution in [0.5, 0.6) is 0 Å². The monoisotopic (exact) mass is 390 g/mol. The van der Waals surface area contributed by atoms with E-state index in [0.717, 1.165) is 11.8 Å². The summed E-state index contributed by atoms with van der Waals surface area (Å²) in [6.45, 7) is 0. The number of halogens is 3. The van der Waals surface area contributed by atoms with Gasteiger partial charge in [-0.25, -0.2) is 0 Å². The van der Waals surface area contributed by atoms with E-state index in [4.69, 9.17) is 4.74 Å². The van der Waals surface area contributed by atoms with Crippen molar-refractivity contribution in [3.8, 4) is 0 Å². The van der Waals surface area contributed by atoms with E-state index in [9.17, 15) is 23.4 Å². The minimum atomic E-state index is -4.58. The average Bonchev–Trinajstić information content (AvgIpc) is 3.01. The number of aliphatic hydroxyl groups is 2. The van der Waals surface area contributed by atoms with Crippen molar-refractivity contribution in [3.05, 3.63) is 35.9 Å². The summed E-state index contributed by atoms with van der Waals surface area (Å²) in [5.74, 6) is -1.93. The van der Waals surface area contributed by atoms with E-state index in [1.54, 1.807) is 49.3 Å². The van der Waals surface area contributed by atoms with Crippen molar-refractivity contribution in [3.63, 3.8) is 0 Å². The third-order valence-corrected chi connectivity index (χ3v) is 5.89. The molecule has 2 N–H and O–H groups in total. The predicted molar refractivity (Wildman–Crippen MR) is 92.9 cm³/mol. The molecule has 2 aliphatic rings. The van der Waals surface area contributed by atoms with Crippen LogP contribution in [0.15, 0.2) is 35.3 Å². The fraction of sp³-hybridized carbons (Fsp3) is 0.588. The number of fused-ring (bicyclic) bond motifs is 1. The Labute approximate surface area is 153 Å². The molecule has 2 aliphatic heterocycles. The van der Waals surface area contributed by atoms with Crippen molar-refractivity contribution in [1.29, 1.82) is 0 Å². The number of hydrogen-bond donors (Lipinski definition) is 2. The van der Waals surface area contributed by atoms with E-state index >= 15 is 0 Å². The van der Waals surface area contributed by atoms with E-state index < -0.39 is 41.9 Å². The van der Waals surface area contributed by atoms with Gasteiger partial charge in [-0.05, 0) is 12.0 Å². The fourth-order valence-corrected chi connectivity index (χ4v) is 4.36. The number of amidine groups is 1. The third kappa shape index (κ3) is 3.85. The molecule has 0 saturated carbocycles. The van der Waals surface area contributed by atoms with E-state index in [1.807, 2.05) is 0 Å². The SMILES string of the molecule is CN(C)C1=N[C@@H]2[C@@H](O)[C@H](O)[C@@H](C(Cc3ccccc3)C(F)(F)F)O[C@@H]2S1. The molecular formula is C17H21F3N2O3S. The third-order valence-electron chi connectivity index (χ3n) is 4.59. The minimum absolute atomic E-state index is 0.331. The van der Waals surface area contributed by atoms with E-state index in [1.165, 1.54) is 0 Å². The highest BCUT2D eigenvalue weighted by Gasteiger charge is 2.56. The molecule has 0 amide bonds. The average molecular weight is 390 g/mol. The Balaban J connectivity index is 1.84. The summed E-state index contributed by atoms with van der Waals surface area (Å²) >= 11 is 1.16. The number of thioether (sulfide) groups is 1. The second-order valence-corrected chi connectivity index (χ2v) is 7.77. The minimum Gasteiger partial charge on any atom is -0.388 e. The maximum atomic E-state index is 13.7. The lowest BCUT2D eigenvalue weighted by molar-refractivity contribution is -0.248. The van der Waals surface area contributed by atoms with Crippen LogP contribution in [0, 0.1) is 5.92 Å². The van der Waals surface area contributed by atoms with Crippen molar-refractivity contribution in [2.75, 3.05) is 14.1 Å². The Kier molecular flexibility index (Phi) is 5.53. The van der Waals surface area contributed by atoms with E-state index in [-0.39, 0.29) is 6.42 Å². The molecule has 0 radical (unpaired) electrons. The largest absolute Gasteiger partial charge is 0.394 e. The van der Waals surface area contributed by atoms with Gasteiger partial charge < -0.3 is 19.8 Å². The van der Waals surface area contributed by atoms with Crippen LogP contribution < -0.4 is 0 Å². The van der Waals surface area contributed by atoms with Gasteiger partial charge in [0, 0.05) is 14.1 Å². The number of hydrogen-bond acceptors (Lipinski definition) is 6. The number of ether oxygens (including phenoxy) is 1. The normalized spacial score (nSPS) is 32.7. The van der Waals surface area contributed by atoms with Gasteiger partial charge in [0.15, 0.2) is 5.17 Å². The Hall–Kier alpha value is -1.29. The van der Waals surface area contributed by atoms with Gasteiger partial charge in [0.2, 0.25) is 0 Å². The van der Waals surface area contributed by atoms with Crippen molar-refractivity contribution in [2.24, 2.45) is 10.9 Å². The maximum absolute atomic E-state index is 13.7. The standard InChI is InChI=1S/C17H21F3N2O3S/c1-22(2)16-21-11-12(23)13(24)14(25-15(11)26-16)10(17(18,19)20)8-9-6-4-3-5-7-9/h3-7,10-15,23-24H,8H2,1-2H3/t10?,11-,12-,13+,14-,15-/m1/s1. The van der Waals surface area contributed by atoms with Crippen LogP contribution in [0.25, 0.3) is 0 Å². The number of aliphatic imine (C=N–C) groups is 1. The molecule has 5 nitrogen and oxygen atoms in total. The Morgan fingerprint density at radius 3 is 2.42 bits per heavy atom. The molecule has 1 fully saturated rings. The second kappa shape index (κ2) is 7.38. The lowest BCUT2D eigenvalue weighted by Crippen LogP contribution is -2.59. The molecule has 2 heterocycles. The quantitative estimate of drug-likeness (QED) is 0.825. The zero-order valence-electron chi connectivity index (χ0n) is 14.3. The first-order valence-corrected chi connectivity index (χ1v) is 9.10. The van der Waals surface area contributed by atoms with Gasteiger partial charge >= 0.3 is 6.18 Å². The molecule has 9 heteroatoms. The summed E-state index contributed by atoms with van der Waals surface area (Å²) in [5, 5.41) is 21.3. The molecule has 144 valence electrons. The van der Waals surface area contributed by atoms with E-state index in [0.29, 0.717) is 10.7 Å². The van der Waals surface area contributed by atoms with Gasteiger partial charge in [0.05, 0.1) is 12.0 Å². The lowest BCUT2D eigenvalue weighted by Gasteiger charge is -2.42. The van der Waals surface area contributed by atoms with Crippen LogP contribution in [0.3, 0.4) is 0 Å². The lowest BCUT2D eigenvalue weighted by atomic mass is 9.85. The topological polar surface area (TPSA) is 65.3 Å². The van der Waals surface area contributed by atoms with Gasteiger partial charge in [-0.15, -0.1) is 0 Å². The number of alkyl halides is 3. The summed E-state index contributed by atoms with van der Waals surface area (Å²) in [4.78, 5) is 5.97. The summed E-state index contributed by atoms with van der Waals surface area (Å²) in [7, 11) is 3.49. The molecular weight excluding hydrogens is 369 g/mol. The van der Waals surface area contributed by atoms with Gasteiger partial charge in [0.1, 0.15) is 23.7 Å². The number of benzene rings is 1. The molecule has 1 aromatic rings. The molecule has 1 aromatic carbocycles. The Morgan fingerprint density at radius 2 is 1.85 bits per heavy atom. The summed E-state index contributed by atoms with van der Waals surface area (Å²) < 4.78 is 46.8. The van der Waals surface area contributed by atoms with Crippen molar-refractivity contribution >= 4 is 16.9 Å². The van der Waals surface area contributed by atoms with Crippen LogP contribution in [0.4, 0.5) is 13.2 Å².